The van der Waals surface area contributed by atoms with Crippen molar-refractivity contribution >= 4 is 33.2 Å². The van der Waals surface area contributed by atoms with Crippen molar-refractivity contribution < 1.29 is 27.4 Å². The second-order valence-electron chi connectivity index (χ2n) is 7.13. The van der Waals surface area contributed by atoms with Gasteiger partial charge in [0.2, 0.25) is 5.91 Å². The van der Waals surface area contributed by atoms with Gasteiger partial charge in [0.25, 0.3) is 10.0 Å². The quantitative estimate of drug-likeness (QED) is 0.450. The van der Waals surface area contributed by atoms with Gasteiger partial charge in [-0.2, -0.15) is 0 Å². The highest BCUT2D eigenvalue weighted by Crippen LogP contribution is 2.32. The van der Waals surface area contributed by atoms with E-state index in [1.54, 1.807) is 48.5 Å². The third kappa shape index (κ3) is 5.92. The van der Waals surface area contributed by atoms with Crippen molar-refractivity contribution in [2.45, 2.75) is 11.4 Å². The summed E-state index contributed by atoms with van der Waals surface area (Å²) in [6, 6.07) is 17.6. The molecule has 0 bridgehead atoms. The summed E-state index contributed by atoms with van der Waals surface area (Å²) in [5.41, 5.74) is 1.13. The molecule has 0 saturated heterocycles. The number of rotatable bonds is 10. The molecule has 3 aromatic carbocycles. The first-order chi connectivity index (χ1) is 16.3. The summed E-state index contributed by atoms with van der Waals surface area (Å²) >= 11 is 5.90. The number of carbonyl (C=O) groups is 1. The average Bonchev–Trinajstić information content (AvgIpc) is 2.86. The minimum absolute atomic E-state index is 0.0496. The van der Waals surface area contributed by atoms with Gasteiger partial charge in [-0.1, -0.05) is 23.7 Å². The topological polar surface area (TPSA) is 94.2 Å². The van der Waals surface area contributed by atoms with Crippen LogP contribution in [0.5, 0.6) is 17.2 Å². The minimum atomic E-state index is -4.14. The van der Waals surface area contributed by atoms with Crippen LogP contribution in [0.25, 0.3) is 0 Å². The number of nitrogens with zero attached hydrogens (tertiary/aromatic N) is 1. The van der Waals surface area contributed by atoms with Gasteiger partial charge in [-0.3, -0.25) is 9.10 Å². The van der Waals surface area contributed by atoms with Crippen LogP contribution in [0.4, 0.5) is 5.69 Å². The molecule has 0 heterocycles. The number of hydrogen-bond donors (Lipinski definition) is 1. The van der Waals surface area contributed by atoms with Gasteiger partial charge >= 0.3 is 0 Å². The molecule has 0 atom stereocenters. The molecule has 0 aliphatic carbocycles. The maximum Gasteiger partial charge on any atom is 0.264 e. The summed E-state index contributed by atoms with van der Waals surface area (Å²) in [6.07, 6.45) is 0. The first kappa shape index (κ1) is 25.2. The van der Waals surface area contributed by atoms with E-state index < -0.39 is 22.5 Å². The lowest BCUT2D eigenvalue weighted by Gasteiger charge is -2.24. The van der Waals surface area contributed by atoms with E-state index in [-0.39, 0.29) is 17.2 Å². The molecule has 34 heavy (non-hydrogen) atoms. The number of carbonyl (C=O) groups excluding carboxylic acids is 1. The zero-order valence-corrected chi connectivity index (χ0v) is 20.5. The normalized spacial score (nSPS) is 10.9. The predicted octanol–water partition coefficient (Wildman–Crippen LogP) is 3.88. The van der Waals surface area contributed by atoms with Crippen molar-refractivity contribution in [3.63, 3.8) is 0 Å². The van der Waals surface area contributed by atoms with Gasteiger partial charge in [0.1, 0.15) is 12.3 Å². The maximum absolute atomic E-state index is 13.6. The third-order valence-electron chi connectivity index (χ3n) is 4.99. The second kappa shape index (κ2) is 11.1. The van der Waals surface area contributed by atoms with Gasteiger partial charge in [-0.05, 0) is 54.1 Å². The Morgan fingerprint density at radius 2 is 1.53 bits per heavy atom. The van der Waals surface area contributed by atoms with Crippen molar-refractivity contribution in [2.24, 2.45) is 0 Å². The highest BCUT2D eigenvalue weighted by Gasteiger charge is 2.28. The molecule has 0 radical (unpaired) electrons. The Bertz CT molecular complexity index is 1230. The van der Waals surface area contributed by atoms with Crippen molar-refractivity contribution in [2.75, 3.05) is 32.2 Å². The zero-order valence-electron chi connectivity index (χ0n) is 18.9. The Balaban J connectivity index is 1.91. The predicted molar refractivity (Wildman–Crippen MR) is 130 cm³/mol. The second-order valence-corrected chi connectivity index (χ2v) is 9.43. The smallest absolute Gasteiger partial charge is 0.264 e. The molecule has 0 aliphatic heterocycles. The van der Waals surface area contributed by atoms with Crippen LogP contribution in [0, 0.1) is 0 Å². The van der Waals surface area contributed by atoms with Crippen LogP contribution in [-0.4, -0.2) is 42.2 Å². The summed E-state index contributed by atoms with van der Waals surface area (Å²) in [7, 11) is 0.250. The summed E-state index contributed by atoms with van der Waals surface area (Å²) in [5.74, 6) is 0.720. The molecule has 180 valence electrons. The molecule has 0 aromatic heterocycles. The first-order valence-electron chi connectivity index (χ1n) is 10.2. The van der Waals surface area contributed by atoms with Crippen molar-refractivity contribution in [3.05, 3.63) is 77.3 Å². The number of anilines is 1. The van der Waals surface area contributed by atoms with E-state index in [1.165, 1.54) is 39.5 Å². The third-order valence-corrected chi connectivity index (χ3v) is 7.02. The van der Waals surface area contributed by atoms with Gasteiger partial charge in [-0.15, -0.1) is 0 Å². The number of halogens is 1. The van der Waals surface area contributed by atoms with E-state index in [0.29, 0.717) is 22.2 Å². The lowest BCUT2D eigenvalue weighted by Crippen LogP contribution is -2.40. The summed E-state index contributed by atoms with van der Waals surface area (Å²) in [5, 5.41) is 3.33. The number of nitrogens with one attached hydrogen (secondary N) is 1. The minimum Gasteiger partial charge on any atom is -0.497 e. The Kier molecular flexibility index (Phi) is 8.25. The monoisotopic (exact) mass is 504 g/mol. The van der Waals surface area contributed by atoms with E-state index in [0.717, 1.165) is 9.87 Å². The largest absolute Gasteiger partial charge is 0.497 e. The highest BCUT2D eigenvalue weighted by atomic mass is 35.5. The Hall–Kier alpha value is -3.43. The molecular weight excluding hydrogens is 480 g/mol. The molecule has 0 saturated carbocycles. The molecular formula is C24H25ClN2O6S. The van der Waals surface area contributed by atoms with Crippen LogP contribution in [0.3, 0.4) is 0 Å². The number of ether oxygens (including phenoxy) is 3. The standard InChI is InChI=1S/C24H25ClN2O6S/c1-31-20-10-8-19(9-11-20)27(16-24(28)26-15-17-4-6-18(25)7-5-17)34(29,30)21-12-13-22(32-2)23(14-21)33-3/h4-14H,15-16H2,1-3H3,(H,26,28). The number of amides is 1. The maximum atomic E-state index is 13.6. The number of benzene rings is 3. The fourth-order valence-corrected chi connectivity index (χ4v) is 4.72. The number of sulfonamides is 1. The van der Waals surface area contributed by atoms with E-state index in [9.17, 15) is 13.2 Å². The van der Waals surface area contributed by atoms with Crippen molar-refractivity contribution in [1.29, 1.82) is 0 Å². The molecule has 0 unspecified atom stereocenters. The van der Waals surface area contributed by atoms with Crippen molar-refractivity contribution in [1.82, 2.24) is 5.32 Å². The summed E-state index contributed by atoms with van der Waals surface area (Å²) in [6.45, 7) is -0.209. The van der Waals surface area contributed by atoms with Crippen LogP contribution < -0.4 is 23.8 Å². The SMILES string of the molecule is COc1ccc(N(CC(=O)NCc2ccc(Cl)cc2)S(=O)(=O)c2ccc(OC)c(OC)c2)cc1. The Morgan fingerprint density at radius 3 is 2.12 bits per heavy atom. The number of methoxy groups -OCH3 is 3. The lowest BCUT2D eigenvalue weighted by atomic mass is 10.2. The molecule has 3 aromatic rings. The van der Waals surface area contributed by atoms with E-state index in [4.69, 9.17) is 25.8 Å². The van der Waals surface area contributed by atoms with Crippen LogP contribution in [0.2, 0.25) is 5.02 Å². The fourth-order valence-electron chi connectivity index (χ4n) is 3.16. The van der Waals surface area contributed by atoms with Crippen LogP contribution in [0.15, 0.2) is 71.6 Å². The average molecular weight is 505 g/mol. The van der Waals surface area contributed by atoms with Gasteiger partial charge < -0.3 is 19.5 Å². The van der Waals surface area contributed by atoms with Crippen LogP contribution in [0.1, 0.15) is 5.56 Å². The van der Waals surface area contributed by atoms with Gasteiger partial charge in [0.05, 0.1) is 31.9 Å². The molecule has 1 amide bonds. The Morgan fingerprint density at radius 1 is 0.882 bits per heavy atom. The molecule has 1 N–H and O–H groups in total. The van der Waals surface area contributed by atoms with E-state index in [2.05, 4.69) is 5.32 Å². The van der Waals surface area contributed by atoms with Gasteiger partial charge in [0, 0.05) is 17.6 Å². The first-order valence-corrected chi connectivity index (χ1v) is 12.0. The molecule has 8 nitrogen and oxygen atoms in total. The molecule has 10 heteroatoms. The number of hydrogen-bond acceptors (Lipinski definition) is 6. The molecule has 0 spiro atoms. The molecule has 0 aliphatic rings. The summed E-state index contributed by atoms with van der Waals surface area (Å²) in [4.78, 5) is 12.7. The van der Waals surface area contributed by atoms with E-state index in [1.807, 2.05) is 0 Å². The zero-order chi connectivity index (χ0) is 24.7. The van der Waals surface area contributed by atoms with Crippen LogP contribution in [-0.2, 0) is 21.4 Å². The van der Waals surface area contributed by atoms with Gasteiger partial charge in [0.15, 0.2) is 11.5 Å². The summed E-state index contributed by atoms with van der Waals surface area (Å²) < 4.78 is 43.9. The highest BCUT2D eigenvalue weighted by molar-refractivity contribution is 7.92. The molecule has 0 fully saturated rings. The Labute approximate surface area is 204 Å². The fraction of sp³-hybridized carbons (Fsp3) is 0.208. The van der Waals surface area contributed by atoms with Crippen LogP contribution >= 0.6 is 11.6 Å². The van der Waals surface area contributed by atoms with Crippen molar-refractivity contribution in [3.8, 4) is 17.2 Å². The van der Waals surface area contributed by atoms with Gasteiger partial charge in [-0.25, -0.2) is 8.42 Å². The van der Waals surface area contributed by atoms with E-state index >= 15 is 0 Å². The molecule has 3 rings (SSSR count). The lowest BCUT2D eigenvalue weighted by molar-refractivity contribution is -0.119.